The van der Waals surface area contributed by atoms with Gasteiger partial charge in [0.1, 0.15) is 5.75 Å². The lowest BCUT2D eigenvalue weighted by Crippen LogP contribution is -2.11. The first kappa shape index (κ1) is 21.8. The largest absolute Gasteiger partial charge is 0.493 e. The molecule has 4 rings (SSSR count). The Hall–Kier alpha value is -1.51. The summed E-state index contributed by atoms with van der Waals surface area (Å²) >= 11 is 5.87. The third kappa shape index (κ3) is 5.06. The zero-order valence-electron chi connectivity index (χ0n) is 17.2. The van der Waals surface area contributed by atoms with Crippen LogP contribution < -0.4 is 4.74 Å². The fraction of sp³-hybridized carbons (Fsp3) is 0.500. The van der Waals surface area contributed by atoms with E-state index in [0.29, 0.717) is 17.8 Å². The summed E-state index contributed by atoms with van der Waals surface area (Å²) in [6.45, 7) is 11.4. The third-order valence-corrected chi connectivity index (χ3v) is 5.62. The molecule has 3 atom stereocenters. The molecule has 2 aromatic carbocycles. The molecule has 148 valence electrons. The average molecular weight is 389 g/mol. The van der Waals surface area contributed by atoms with Crippen LogP contribution in [-0.2, 0) is 6.42 Å². The second-order valence-corrected chi connectivity index (χ2v) is 7.77. The van der Waals surface area contributed by atoms with Crippen LogP contribution in [0.2, 0.25) is 5.02 Å². The molecule has 1 heterocycles. The Morgan fingerprint density at radius 3 is 2.48 bits per heavy atom. The van der Waals surface area contributed by atoms with Crippen LogP contribution in [0.1, 0.15) is 69.6 Å². The van der Waals surface area contributed by atoms with Gasteiger partial charge in [-0.25, -0.2) is 0 Å². The van der Waals surface area contributed by atoms with Gasteiger partial charge in [-0.05, 0) is 42.0 Å². The monoisotopic (exact) mass is 388 g/mol. The van der Waals surface area contributed by atoms with E-state index >= 15 is 0 Å². The summed E-state index contributed by atoms with van der Waals surface area (Å²) in [7, 11) is 0. The maximum Gasteiger partial charge on any atom is 0.124 e. The maximum atomic E-state index is 9.71. The highest BCUT2D eigenvalue weighted by molar-refractivity contribution is 6.30. The molecule has 1 aliphatic carbocycles. The van der Waals surface area contributed by atoms with E-state index < -0.39 is 0 Å². The van der Waals surface area contributed by atoms with E-state index in [1.165, 1.54) is 16.7 Å². The zero-order valence-corrected chi connectivity index (χ0v) is 18.0. The summed E-state index contributed by atoms with van der Waals surface area (Å²) in [6.07, 6.45) is 1.74. The Morgan fingerprint density at radius 2 is 1.81 bits per heavy atom. The van der Waals surface area contributed by atoms with Crippen LogP contribution in [0.5, 0.6) is 5.75 Å². The van der Waals surface area contributed by atoms with E-state index in [4.69, 9.17) is 16.3 Å². The Labute approximate surface area is 169 Å². The molecule has 0 spiro atoms. The number of hydrogen-bond acceptors (Lipinski definition) is 2. The highest BCUT2D eigenvalue weighted by Crippen LogP contribution is 2.39. The minimum absolute atomic E-state index is 0.146. The normalized spacial score (nSPS) is 22.0. The Kier molecular flexibility index (Phi) is 8.19. The first-order valence-electron chi connectivity index (χ1n) is 10.2. The van der Waals surface area contributed by atoms with Gasteiger partial charge in [0.25, 0.3) is 0 Å². The predicted octanol–water partition coefficient (Wildman–Crippen LogP) is 6.60. The van der Waals surface area contributed by atoms with Crippen molar-refractivity contribution in [3.8, 4) is 5.75 Å². The lowest BCUT2D eigenvalue weighted by molar-refractivity contribution is 0.154. The van der Waals surface area contributed by atoms with Crippen molar-refractivity contribution >= 4 is 11.6 Å². The number of halogens is 1. The van der Waals surface area contributed by atoms with Gasteiger partial charge in [0.2, 0.25) is 0 Å². The van der Waals surface area contributed by atoms with Crippen molar-refractivity contribution in [1.29, 1.82) is 0 Å². The number of aliphatic hydroxyl groups is 1. The van der Waals surface area contributed by atoms with Crippen molar-refractivity contribution in [3.63, 3.8) is 0 Å². The van der Waals surface area contributed by atoms with Gasteiger partial charge in [0.15, 0.2) is 0 Å². The summed E-state index contributed by atoms with van der Waals surface area (Å²) in [5, 5.41) is 10.5. The van der Waals surface area contributed by atoms with Crippen molar-refractivity contribution in [2.45, 2.75) is 65.4 Å². The van der Waals surface area contributed by atoms with Crippen molar-refractivity contribution in [2.75, 3.05) is 6.61 Å². The number of fused-ring (bicyclic) bond motifs is 2. The molecule has 1 N–H and O–H groups in total. The minimum Gasteiger partial charge on any atom is -0.493 e. The summed E-state index contributed by atoms with van der Waals surface area (Å²) in [5.41, 5.74) is 3.99. The Balaban J connectivity index is 0.000000178. The zero-order chi connectivity index (χ0) is 20.0. The summed E-state index contributed by atoms with van der Waals surface area (Å²) in [4.78, 5) is 0. The van der Waals surface area contributed by atoms with E-state index in [2.05, 4.69) is 45.0 Å². The van der Waals surface area contributed by atoms with Gasteiger partial charge >= 0.3 is 0 Å². The molecule has 0 fully saturated rings. The second kappa shape index (κ2) is 10.1. The van der Waals surface area contributed by atoms with E-state index in [1.807, 2.05) is 32.0 Å². The van der Waals surface area contributed by atoms with Crippen LogP contribution in [0.15, 0.2) is 42.5 Å². The summed E-state index contributed by atoms with van der Waals surface area (Å²) in [5.74, 6) is 2.50. The summed E-state index contributed by atoms with van der Waals surface area (Å²) < 4.78 is 5.57. The van der Waals surface area contributed by atoms with Crippen LogP contribution in [0.3, 0.4) is 0 Å². The molecular formula is C24H33ClO2. The van der Waals surface area contributed by atoms with Gasteiger partial charge in [0, 0.05) is 22.4 Å². The average Bonchev–Trinajstić information content (AvgIpc) is 3.23. The lowest BCUT2D eigenvalue weighted by Gasteiger charge is -2.12. The Morgan fingerprint density at radius 1 is 1.11 bits per heavy atom. The fourth-order valence-electron chi connectivity index (χ4n) is 3.91. The molecule has 0 bridgehead atoms. The number of ether oxygens (including phenoxy) is 1. The van der Waals surface area contributed by atoms with E-state index in [-0.39, 0.29) is 6.10 Å². The SMILES string of the molecule is CC.CC(C)C1COc2cc(Cl)ccc21.CCC1c2ccccc2CC1O. The predicted molar refractivity (Wildman–Crippen MR) is 115 cm³/mol. The van der Waals surface area contributed by atoms with Crippen LogP contribution in [-0.4, -0.2) is 17.8 Å². The van der Waals surface area contributed by atoms with E-state index in [9.17, 15) is 5.11 Å². The van der Waals surface area contributed by atoms with Crippen LogP contribution in [0.25, 0.3) is 0 Å². The minimum atomic E-state index is -0.146. The molecule has 2 nitrogen and oxygen atoms in total. The molecular weight excluding hydrogens is 356 g/mol. The highest BCUT2D eigenvalue weighted by Gasteiger charge is 2.28. The molecule has 3 heteroatoms. The van der Waals surface area contributed by atoms with Gasteiger partial charge in [-0.15, -0.1) is 0 Å². The van der Waals surface area contributed by atoms with Crippen molar-refractivity contribution in [1.82, 2.24) is 0 Å². The molecule has 0 aromatic heterocycles. The molecule has 2 aliphatic rings. The van der Waals surface area contributed by atoms with Gasteiger partial charge in [-0.2, -0.15) is 0 Å². The topological polar surface area (TPSA) is 29.5 Å². The van der Waals surface area contributed by atoms with Crippen molar-refractivity contribution < 1.29 is 9.84 Å². The Bertz CT molecular complexity index is 726. The maximum absolute atomic E-state index is 9.71. The molecule has 2 aromatic rings. The standard InChI is InChI=1S/C11H13ClO.C11H14O.C2H6/c1-7(2)10-6-13-11-5-8(12)3-4-9(10)11;1-2-9-10-6-4-3-5-8(10)7-11(9)12;1-2/h3-5,7,10H,6H2,1-2H3;3-6,9,11-12H,2,7H2,1H3;1-2H3. The fourth-order valence-corrected chi connectivity index (χ4v) is 4.07. The first-order valence-corrected chi connectivity index (χ1v) is 10.6. The second-order valence-electron chi connectivity index (χ2n) is 7.33. The molecule has 0 saturated carbocycles. The van der Waals surface area contributed by atoms with Gasteiger partial charge in [-0.1, -0.05) is 76.6 Å². The van der Waals surface area contributed by atoms with Gasteiger partial charge in [0.05, 0.1) is 12.7 Å². The van der Waals surface area contributed by atoms with Crippen LogP contribution in [0, 0.1) is 5.92 Å². The van der Waals surface area contributed by atoms with Gasteiger partial charge in [-0.3, -0.25) is 0 Å². The van der Waals surface area contributed by atoms with Crippen molar-refractivity contribution in [2.24, 2.45) is 5.92 Å². The first-order chi connectivity index (χ1) is 13.0. The number of rotatable bonds is 2. The molecule has 3 unspecified atom stereocenters. The molecule has 0 amide bonds. The molecule has 1 aliphatic heterocycles. The number of benzene rings is 2. The van der Waals surface area contributed by atoms with Crippen LogP contribution >= 0.6 is 11.6 Å². The molecule has 27 heavy (non-hydrogen) atoms. The smallest absolute Gasteiger partial charge is 0.124 e. The third-order valence-electron chi connectivity index (χ3n) is 5.39. The van der Waals surface area contributed by atoms with E-state index in [0.717, 1.165) is 30.2 Å². The molecule has 0 radical (unpaired) electrons. The number of hydrogen-bond donors (Lipinski definition) is 1. The number of aliphatic hydroxyl groups excluding tert-OH is 1. The van der Waals surface area contributed by atoms with Crippen molar-refractivity contribution in [3.05, 3.63) is 64.2 Å². The van der Waals surface area contributed by atoms with Crippen LogP contribution in [0.4, 0.5) is 0 Å². The quantitative estimate of drug-likeness (QED) is 0.628. The van der Waals surface area contributed by atoms with Gasteiger partial charge < -0.3 is 9.84 Å². The van der Waals surface area contributed by atoms with E-state index in [1.54, 1.807) is 0 Å². The molecule has 0 saturated heterocycles. The lowest BCUT2D eigenvalue weighted by atomic mass is 9.90. The summed E-state index contributed by atoms with van der Waals surface area (Å²) in [6, 6.07) is 14.3. The highest BCUT2D eigenvalue weighted by atomic mass is 35.5.